The van der Waals surface area contributed by atoms with Gasteiger partial charge in [-0.05, 0) is 37.1 Å². The lowest BCUT2D eigenvalue weighted by atomic mass is 10.3. The largest absolute Gasteiger partial charge is 0.494 e. The number of benzene rings is 1. The van der Waals surface area contributed by atoms with Gasteiger partial charge in [0.1, 0.15) is 18.1 Å². The highest BCUT2D eigenvalue weighted by atomic mass is 16.5. The third kappa shape index (κ3) is 6.75. The van der Waals surface area contributed by atoms with Crippen LogP contribution < -0.4 is 15.4 Å². The van der Waals surface area contributed by atoms with Gasteiger partial charge in [0.15, 0.2) is 0 Å². The van der Waals surface area contributed by atoms with E-state index in [-0.39, 0.29) is 6.03 Å². The summed E-state index contributed by atoms with van der Waals surface area (Å²) < 4.78 is 16.2. The molecule has 0 saturated carbocycles. The Morgan fingerprint density at radius 2 is 2.12 bits per heavy atom. The number of rotatable bonds is 10. The number of anilines is 1. The van der Waals surface area contributed by atoms with Gasteiger partial charge < -0.3 is 24.5 Å². The molecule has 130 valence electrons. The molecular formula is C18H24N2O4. The number of urea groups is 1. The summed E-state index contributed by atoms with van der Waals surface area (Å²) in [7, 11) is 0. The summed E-state index contributed by atoms with van der Waals surface area (Å²) in [4.78, 5) is 11.8. The normalized spacial score (nSPS) is 10.4. The molecule has 0 unspecified atom stereocenters. The quantitative estimate of drug-likeness (QED) is 0.649. The fourth-order valence-electron chi connectivity index (χ4n) is 2.00. The molecule has 2 N–H and O–H groups in total. The zero-order valence-corrected chi connectivity index (χ0v) is 13.9. The Balaban J connectivity index is 1.59. The van der Waals surface area contributed by atoms with Gasteiger partial charge >= 0.3 is 6.03 Å². The highest BCUT2D eigenvalue weighted by molar-refractivity contribution is 5.89. The molecule has 1 aromatic carbocycles. The molecule has 1 heterocycles. The minimum absolute atomic E-state index is 0.242. The fourth-order valence-corrected chi connectivity index (χ4v) is 2.00. The molecule has 0 bridgehead atoms. The summed E-state index contributed by atoms with van der Waals surface area (Å²) in [6.45, 7) is 4.25. The minimum atomic E-state index is -0.242. The second-order valence-electron chi connectivity index (χ2n) is 5.24. The first-order chi connectivity index (χ1) is 11.8. The average Bonchev–Trinajstić information content (AvgIpc) is 3.10. The Hall–Kier alpha value is -2.47. The molecule has 0 aliphatic carbocycles. The second-order valence-corrected chi connectivity index (χ2v) is 5.24. The maximum absolute atomic E-state index is 11.8. The van der Waals surface area contributed by atoms with Crippen molar-refractivity contribution in [2.45, 2.75) is 26.4 Å². The van der Waals surface area contributed by atoms with E-state index >= 15 is 0 Å². The number of carbonyl (C=O) groups is 1. The van der Waals surface area contributed by atoms with Crippen LogP contribution in [0.5, 0.6) is 5.75 Å². The molecule has 6 heteroatoms. The van der Waals surface area contributed by atoms with Crippen LogP contribution >= 0.6 is 0 Å². The van der Waals surface area contributed by atoms with Crippen molar-refractivity contribution >= 4 is 11.7 Å². The van der Waals surface area contributed by atoms with Crippen molar-refractivity contribution in [3.63, 3.8) is 0 Å². The standard InChI is InChI=1S/C18H24N2O4/c1-2-10-23-16-7-3-6-15(13-16)20-18(21)19-9-5-11-22-14-17-8-4-12-24-17/h3-4,6-8,12-13H,2,5,9-11,14H2,1H3,(H2,19,20,21). The molecule has 6 nitrogen and oxygen atoms in total. The van der Waals surface area contributed by atoms with Crippen LogP contribution in [0.25, 0.3) is 0 Å². The van der Waals surface area contributed by atoms with Crippen molar-refractivity contribution in [2.24, 2.45) is 0 Å². The van der Waals surface area contributed by atoms with E-state index in [4.69, 9.17) is 13.9 Å². The van der Waals surface area contributed by atoms with E-state index in [0.717, 1.165) is 24.4 Å². The third-order valence-electron chi connectivity index (χ3n) is 3.14. The SMILES string of the molecule is CCCOc1cccc(NC(=O)NCCCOCc2ccco2)c1. The molecule has 2 amide bonds. The highest BCUT2D eigenvalue weighted by Crippen LogP contribution is 2.17. The van der Waals surface area contributed by atoms with Gasteiger partial charge in [0, 0.05) is 24.9 Å². The van der Waals surface area contributed by atoms with Crippen molar-refractivity contribution in [3.8, 4) is 5.75 Å². The number of hydrogen-bond donors (Lipinski definition) is 2. The molecule has 2 rings (SSSR count). The molecule has 0 radical (unpaired) electrons. The molecule has 0 atom stereocenters. The van der Waals surface area contributed by atoms with Gasteiger partial charge in [-0.1, -0.05) is 13.0 Å². The van der Waals surface area contributed by atoms with Crippen molar-refractivity contribution in [1.29, 1.82) is 0 Å². The topological polar surface area (TPSA) is 72.7 Å². The number of amides is 2. The van der Waals surface area contributed by atoms with Crippen molar-refractivity contribution in [3.05, 3.63) is 48.4 Å². The predicted molar refractivity (Wildman–Crippen MR) is 92.2 cm³/mol. The van der Waals surface area contributed by atoms with Crippen LogP contribution in [0, 0.1) is 0 Å². The fraction of sp³-hybridized carbons (Fsp3) is 0.389. The Morgan fingerprint density at radius 3 is 2.92 bits per heavy atom. The van der Waals surface area contributed by atoms with E-state index in [9.17, 15) is 4.79 Å². The minimum Gasteiger partial charge on any atom is -0.494 e. The average molecular weight is 332 g/mol. The Morgan fingerprint density at radius 1 is 1.21 bits per heavy atom. The van der Waals surface area contributed by atoms with Gasteiger partial charge in [0.25, 0.3) is 0 Å². The molecule has 0 aliphatic heterocycles. The van der Waals surface area contributed by atoms with Gasteiger partial charge in [-0.25, -0.2) is 4.79 Å². The van der Waals surface area contributed by atoms with Crippen LogP contribution in [0.3, 0.4) is 0 Å². The van der Waals surface area contributed by atoms with Gasteiger partial charge in [0.2, 0.25) is 0 Å². The van der Waals surface area contributed by atoms with Gasteiger partial charge in [0.05, 0.1) is 12.9 Å². The maximum Gasteiger partial charge on any atom is 0.319 e. The van der Waals surface area contributed by atoms with Crippen molar-refractivity contribution in [2.75, 3.05) is 25.1 Å². The maximum atomic E-state index is 11.8. The van der Waals surface area contributed by atoms with E-state index in [2.05, 4.69) is 10.6 Å². The summed E-state index contributed by atoms with van der Waals surface area (Å²) in [5, 5.41) is 5.58. The number of ether oxygens (including phenoxy) is 2. The first-order valence-electron chi connectivity index (χ1n) is 8.16. The monoisotopic (exact) mass is 332 g/mol. The summed E-state index contributed by atoms with van der Waals surface area (Å²) in [6.07, 6.45) is 3.29. The lowest BCUT2D eigenvalue weighted by molar-refractivity contribution is 0.104. The van der Waals surface area contributed by atoms with Gasteiger partial charge in [-0.3, -0.25) is 0 Å². The van der Waals surface area contributed by atoms with E-state index in [1.165, 1.54) is 0 Å². The second kappa shape index (κ2) is 10.3. The first kappa shape index (κ1) is 17.9. The molecule has 2 aromatic rings. The summed E-state index contributed by atoms with van der Waals surface area (Å²) in [6, 6.07) is 10.8. The Bertz CT molecular complexity index is 599. The molecule has 0 spiro atoms. The van der Waals surface area contributed by atoms with E-state index in [0.29, 0.717) is 32.1 Å². The van der Waals surface area contributed by atoms with Crippen LogP contribution in [0.2, 0.25) is 0 Å². The van der Waals surface area contributed by atoms with Crippen LogP contribution in [-0.4, -0.2) is 25.8 Å². The van der Waals surface area contributed by atoms with E-state index in [1.807, 2.05) is 43.3 Å². The predicted octanol–water partition coefficient (Wildman–Crippen LogP) is 3.80. The van der Waals surface area contributed by atoms with Crippen LogP contribution in [0.15, 0.2) is 47.1 Å². The summed E-state index contributed by atoms with van der Waals surface area (Å²) >= 11 is 0. The van der Waals surface area contributed by atoms with Crippen molar-refractivity contribution in [1.82, 2.24) is 5.32 Å². The lowest BCUT2D eigenvalue weighted by Crippen LogP contribution is -2.30. The van der Waals surface area contributed by atoms with E-state index in [1.54, 1.807) is 6.26 Å². The first-order valence-corrected chi connectivity index (χ1v) is 8.16. The van der Waals surface area contributed by atoms with Crippen molar-refractivity contribution < 1.29 is 18.7 Å². The summed E-state index contributed by atoms with van der Waals surface area (Å²) in [5.41, 5.74) is 0.704. The van der Waals surface area contributed by atoms with Crippen LogP contribution in [0.1, 0.15) is 25.5 Å². The molecule has 0 saturated heterocycles. The molecular weight excluding hydrogens is 308 g/mol. The van der Waals surface area contributed by atoms with Crippen LogP contribution in [0.4, 0.5) is 10.5 Å². The number of nitrogens with one attached hydrogen (secondary N) is 2. The van der Waals surface area contributed by atoms with Gasteiger partial charge in [-0.15, -0.1) is 0 Å². The van der Waals surface area contributed by atoms with Crippen LogP contribution in [-0.2, 0) is 11.3 Å². The number of hydrogen-bond acceptors (Lipinski definition) is 4. The molecule has 0 fully saturated rings. The Labute approximate surface area is 142 Å². The Kier molecular flexibility index (Phi) is 7.70. The van der Waals surface area contributed by atoms with E-state index < -0.39 is 0 Å². The zero-order valence-electron chi connectivity index (χ0n) is 13.9. The zero-order chi connectivity index (χ0) is 17.0. The molecule has 0 aliphatic rings. The number of carbonyl (C=O) groups excluding carboxylic acids is 1. The third-order valence-corrected chi connectivity index (χ3v) is 3.14. The highest BCUT2D eigenvalue weighted by Gasteiger charge is 2.03. The smallest absolute Gasteiger partial charge is 0.319 e. The molecule has 1 aromatic heterocycles. The number of furan rings is 1. The van der Waals surface area contributed by atoms with Gasteiger partial charge in [-0.2, -0.15) is 0 Å². The molecule has 24 heavy (non-hydrogen) atoms. The lowest BCUT2D eigenvalue weighted by Gasteiger charge is -2.10. The summed E-state index contributed by atoms with van der Waals surface area (Å²) in [5.74, 6) is 1.55.